The second-order valence-electron chi connectivity index (χ2n) is 4.10. The molecule has 0 aliphatic carbocycles. The van der Waals surface area contributed by atoms with Gasteiger partial charge in [0.05, 0.1) is 9.20 Å². The summed E-state index contributed by atoms with van der Waals surface area (Å²) in [7, 11) is 0. The van der Waals surface area contributed by atoms with Crippen molar-refractivity contribution in [3.63, 3.8) is 0 Å². The molecule has 0 radical (unpaired) electrons. The molecule has 0 fully saturated rings. The highest BCUT2D eigenvalue weighted by Gasteiger charge is 2.34. The summed E-state index contributed by atoms with van der Waals surface area (Å²) < 4.78 is 1.10. The zero-order chi connectivity index (χ0) is 12.9. The fraction of sp³-hybridized carbons (Fsp3) is 0.583. The molecule has 0 unspecified atom stereocenters. The SMILES string of the molecule is CCC(CC)(CNCc1ccc(Br)s1)C(=O)O. The zero-order valence-corrected chi connectivity index (χ0v) is 12.5. The quantitative estimate of drug-likeness (QED) is 0.808. The van der Waals surface area contributed by atoms with Crippen LogP contribution in [0.4, 0.5) is 0 Å². The molecule has 0 amide bonds. The van der Waals surface area contributed by atoms with Crippen molar-refractivity contribution in [2.75, 3.05) is 6.54 Å². The molecule has 0 saturated heterocycles. The maximum Gasteiger partial charge on any atom is 0.310 e. The first-order valence-electron chi connectivity index (χ1n) is 5.72. The third kappa shape index (κ3) is 3.79. The average Bonchev–Trinajstić information content (AvgIpc) is 2.70. The van der Waals surface area contributed by atoms with Crippen molar-refractivity contribution in [2.45, 2.75) is 33.2 Å². The van der Waals surface area contributed by atoms with Crippen LogP contribution in [-0.2, 0) is 11.3 Å². The average molecular weight is 320 g/mol. The number of halogens is 1. The van der Waals surface area contributed by atoms with Gasteiger partial charge in [-0.2, -0.15) is 0 Å². The Morgan fingerprint density at radius 3 is 2.53 bits per heavy atom. The lowest BCUT2D eigenvalue weighted by molar-refractivity contribution is -0.149. The second-order valence-corrected chi connectivity index (χ2v) is 6.65. The van der Waals surface area contributed by atoms with Crippen LogP contribution in [0, 0.1) is 5.41 Å². The molecule has 0 saturated carbocycles. The Hall–Kier alpha value is -0.390. The van der Waals surface area contributed by atoms with E-state index in [4.69, 9.17) is 0 Å². The Balaban J connectivity index is 2.50. The molecule has 0 aromatic carbocycles. The molecule has 0 aliphatic heterocycles. The highest BCUT2D eigenvalue weighted by molar-refractivity contribution is 9.11. The number of carboxylic acids is 1. The lowest BCUT2D eigenvalue weighted by atomic mass is 9.82. The van der Waals surface area contributed by atoms with Crippen molar-refractivity contribution in [3.8, 4) is 0 Å². The maximum absolute atomic E-state index is 11.3. The number of carbonyl (C=O) groups is 1. The lowest BCUT2D eigenvalue weighted by Gasteiger charge is -2.26. The third-order valence-corrected chi connectivity index (χ3v) is 4.82. The molecule has 0 bridgehead atoms. The summed E-state index contributed by atoms with van der Waals surface area (Å²) in [5, 5.41) is 12.5. The van der Waals surface area contributed by atoms with Gasteiger partial charge in [-0.3, -0.25) is 4.79 Å². The fourth-order valence-corrected chi connectivity index (χ4v) is 3.20. The van der Waals surface area contributed by atoms with Crippen LogP contribution in [0.2, 0.25) is 0 Å². The van der Waals surface area contributed by atoms with Gasteiger partial charge in [-0.1, -0.05) is 13.8 Å². The van der Waals surface area contributed by atoms with Gasteiger partial charge in [0.15, 0.2) is 0 Å². The van der Waals surface area contributed by atoms with E-state index >= 15 is 0 Å². The van der Waals surface area contributed by atoms with Gasteiger partial charge < -0.3 is 10.4 Å². The number of hydrogen-bond acceptors (Lipinski definition) is 3. The van der Waals surface area contributed by atoms with Gasteiger partial charge in [0.25, 0.3) is 0 Å². The van der Waals surface area contributed by atoms with Crippen LogP contribution in [0.25, 0.3) is 0 Å². The van der Waals surface area contributed by atoms with E-state index in [1.807, 2.05) is 26.0 Å². The van der Waals surface area contributed by atoms with Crippen LogP contribution in [0.3, 0.4) is 0 Å². The monoisotopic (exact) mass is 319 g/mol. The van der Waals surface area contributed by atoms with Crippen LogP contribution in [0.5, 0.6) is 0 Å². The Morgan fingerprint density at radius 1 is 1.47 bits per heavy atom. The van der Waals surface area contributed by atoms with Crippen LogP contribution in [0.1, 0.15) is 31.6 Å². The predicted octanol–water partition coefficient (Wildman–Crippen LogP) is 3.49. The van der Waals surface area contributed by atoms with Crippen LogP contribution >= 0.6 is 27.3 Å². The van der Waals surface area contributed by atoms with Crippen LogP contribution in [0.15, 0.2) is 15.9 Å². The minimum Gasteiger partial charge on any atom is -0.481 e. The van der Waals surface area contributed by atoms with Crippen molar-refractivity contribution in [3.05, 3.63) is 20.8 Å². The first-order valence-corrected chi connectivity index (χ1v) is 7.33. The Morgan fingerprint density at radius 2 is 2.12 bits per heavy atom. The third-order valence-electron chi connectivity index (χ3n) is 3.20. The second kappa shape index (κ2) is 6.52. The molecule has 96 valence electrons. The van der Waals surface area contributed by atoms with Crippen molar-refractivity contribution in [1.82, 2.24) is 5.32 Å². The smallest absolute Gasteiger partial charge is 0.310 e. The molecule has 1 rings (SSSR count). The van der Waals surface area contributed by atoms with E-state index in [0.717, 1.165) is 10.3 Å². The Bertz CT molecular complexity index is 374. The first-order chi connectivity index (χ1) is 8.04. The summed E-state index contributed by atoms with van der Waals surface area (Å²) in [6.07, 6.45) is 1.31. The minimum absolute atomic E-state index is 0.519. The molecule has 17 heavy (non-hydrogen) atoms. The van der Waals surface area contributed by atoms with Crippen molar-refractivity contribution in [1.29, 1.82) is 0 Å². The molecular weight excluding hydrogens is 302 g/mol. The van der Waals surface area contributed by atoms with Gasteiger partial charge in [-0.15, -0.1) is 11.3 Å². The summed E-state index contributed by atoms with van der Waals surface area (Å²) in [5.41, 5.74) is -0.630. The van der Waals surface area contributed by atoms with Gasteiger partial charge in [-0.25, -0.2) is 0 Å². The van der Waals surface area contributed by atoms with E-state index in [-0.39, 0.29) is 0 Å². The summed E-state index contributed by atoms with van der Waals surface area (Å²) in [6.45, 7) is 5.11. The van der Waals surface area contributed by atoms with E-state index in [0.29, 0.717) is 19.4 Å². The van der Waals surface area contributed by atoms with Crippen molar-refractivity contribution < 1.29 is 9.90 Å². The lowest BCUT2D eigenvalue weighted by Crippen LogP contribution is -2.39. The molecule has 3 nitrogen and oxygen atoms in total. The van der Waals surface area contributed by atoms with Gasteiger partial charge >= 0.3 is 5.97 Å². The molecule has 2 N–H and O–H groups in total. The molecule has 1 aromatic heterocycles. The van der Waals surface area contributed by atoms with Gasteiger partial charge in [-0.05, 0) is 40.9 Å². The van der Waals surface area contributed by atoms with Gasteiger partial charge in [0, 0.05) is 18.0 Å². The predicted molar refractivity (Wildman–Crippen MR) is 74.4 cm³/mol. The molecule has 5 heteroatoms. The standard InChI is InChI=1S/C12H18BrNO2S/c1-3-12(4-2,11(15)16)8-14-7-9-5-6-10(13)17-9/h5-6,14H,3-4,7-8H2,1-2H3,(H,15,16). The number of aliphatic carboxylic acids is 1. The Labute approximate surface area is 114 Å². The van der Waals surface area contributed by atoms with Crippen LogP contribution < -0.4 is 5.32 Å². The highest BCUT2D eigenvalue weighted by Crippen LogP contribution is 2.26. The molecule has 0 spiro atoms. The summed E-state index contributed by atoms with van der Waals surface area (Å²) in [6, 6.07) is 4.05. The van der Waals surface area contributed by atoms with Crippen molar-refractivity contribution in [2.24, 2.45) is 5.41 Å². The summed E-state index contributed by atoms with van der Waals surface area (Å²) >= 11 is 5.08. The molecular formula is C12H18BrNO2S. The summed E-state index contributed by atoms with van der Waals surface area (Å²) in [5.74, 6) is -0.706. The molecule has 1 aromatic rings. The van der Waals surface area contributed by atoms with E-state index < -0.39 is 11.4 Å². The fourth-order valence-electron chi connectivity index (χ4n) is 1.75. The largest absolute Gasteiger partial charge is 0.481 e. The minimum atomic E-state index is -0.706. The zero-order valence-electron chi connectivity index (χ0n) is 10.1. The van der Waals surface area contributed by atoms with E-state index in [1.165, 1.54) is 4.88 Å². The summed E-state index contributed by atoms with van der Waals surface area (Å²) in [4.78, 5) is 12.5. The number of carboxylic acid groups (broad SMARTS) is 1. The van der Waals surface area contributed by atoms with Gasteiger partial charge in [0.1, 0.15) is 0 Å². The topological polar surface area (TPSA) is 49.3 Å². The normalized spacial score (nSPS) is 11.7. The van der Waals surface area contributed by atoms with E-state index in [1.54, 1.807) is 11.3 Å². The maximum atomic E-state index is 11.3. The number of rotatable bonds is 7. The molecule has 0 aliphatic rings. The number of thiophene rings is 1. The van der Waals surface area contributed by atoms with E-state index in [9.17, 15) is 9.90 Å². The molecule has 0 atom stereocenters. The first kappa shape index (κ1) is 14.7. The highest BCUT2D eigenvalue weighted by atomic mass is 79.9. The van der Waals surface area contributed by atoms with Gasteiger partial charge in [0.2, 0.25) is 0 Å². The number of hydrogen-bond donors (Lipinski definition) is 2. The van der Waals surface area contributed by atoms with Crippen molar-refractivity contribution >= 4 is 33.2 Å². The Kier molecular flexibility index (Phi) is 5.62. The van der Waals surface area contributed by atoms with E-state index in [2.05, 4.69) is 21.2 Å². The van der Waals surface area contributed by atoms with Crippen LogP contribution in [-0.4, -0.2) is 17.6 Å². The molecule has 1 heterocycles. The number of nitrogens with one attached hydrogen (secondary N) is 1.